The molecule has 0 amide bonds. The molecule has 0 spiro atoms. The van der Waals surface area contributed by atoms with Gasteiger partial charge in [0, 0.05) is 30.3 Å². The summed E-state index contributed by atoms with van der Waals surface area (Å²) in [6.07, 6.45) is 4.09. The molecule has 0 saturated carbocycles. The fourth-order valence-corrected chi connectivity index (χ4v) is 2.59. The van der Waals surface area contributed by atoms with E-state index in [4.69, 9.17) is 9.47 Å². The lowest BCUT2D eigenvalue weighted by molar-refractivity contribution is 0.0388. The lowest BCUT2D eigenvalue weighted by atomic mass is 9.89. The molecule has 1 N–H and O–H groups in total. The van der Waals surface area contributed by atoms with E-state index >= 15 is 0 Å². The first kappa shape index (κ1) is 13.3. The number of pyridine rings is 1. The van der Waals surface area contributed by atoms with Gasteiger partial charge in [-0.1, -0.05) is 13.0 Å². The molecule has 18 heavy (non-hydrogen) atoms. The summed E-state index contributed by atoms with van der Waals surface area (Å²) in [5.74, 6) is 1.21. The van der Waals surface area contributed by atoms with Crippen LogP contribution in [0.25, 0.3) is 0 Å². The zero-order valence-corrected chi connectivity index (χ0v) is 11.2. The first-order valence-electron chi connectivity index (χ1n) is 6.66. The third-order valence-electron chi connectivity index (χ3n) is 3.42. The van der Waals surface area contributed by atoms with Gasteiger partial charge in [0.2, 0.25) is 5.88 Å². The van der Waals surface area contributed by atoms with Crippen molar-refractivity contribution in [2.24, 2.45) is 5.92 Å². The molecule has 2 unspecified atom stereocenters. The smallest absolute Gasteiger partial charge is 0.217 e. The van der Waals surface area contributed by atoms with Crippen LogP contribution in [-0.4, -0.2) is 31.9 Å². The van der Waals surface area contributed by atoms with Crippen LogP contribution in [0.4, 0.5) is 0 Å². The average molecular weight is 250 g/mol. The molecule has 1 aromatic rings. The Balaban J connectivity index is 2.22. The van der Waals surface area contributed by atoms with Crippen molar-refractivity contribution in [2.75, 3.05) is 26.9 Å². The summed E-state index contributed by atoms with van der Waals surface area (Å²) < 4.78 is 11.0. The number of aromatic nitrogens is 1. The van der Waals surface area contributed by atoms with Crippen molar-refractivity contribution >= 4 is 0 Å². The highest BCUT2D eigenvalue weighted by atomic mass is 16.5. The number of ether oxygens (including phenoxy) is 2. The van der Waals surface area contributed by atoms with Crippen LogP contribution in [0.2, 0.25) is 0 Å². The number of methoxy groups -OCH3 is 1. The van der Waals surface area contributed by atoms with Gasteiger partial charge in [-0.05, 0) is 25.5 Å². The van der Waals surface area contributed by atoms with Gasteiger partial charge in [-0.2, -0.15) is 0 Å². The summed E-state index contributed by atoms with van der Waals surface area (Å²) in [6, 6.07) is 4.32. The zero-order chi connectivity index (χ0) is 12.8. The quantitative estimate of drug-likeness (QED) is 0.869. The van der Waals surface area contributed by atoms with E-state index < -0.39 is 0 Å². The van der Waals surface area contributed by atoms with Crippen molar-refractivity contribution in [2.45, 2.75) is 25.8 Å². The SMILES string of the molecule is CCNC(c1cccnc1OC)C1CCCOC1. The zero-order valence-electron chi connectivity index (χ0n) is 11.2. The van der Waals surface area contributed by atoms with Crippen molar-refractivity contribution in [1.29, 1.82) is 0 Å². The number of hydrogen-bond donors (Lipinski definition) is 1. The van der Waals surface area contributed by atoms with Crippen LogP contribution in [0.5, 0.6) is 5.88 Å². The molecule has 100 valence electrons. The van der Waals surface area contributed by atoms with Crippen molar-refractivity contribution in [1.82, 2.24) is 10.3 Å². The lowest BCUT2D eigenvalue weighted by Crippen LogP contribution is -2.33. The predicted octanol–water partition coefficient (Wildman–Crippen LogP) is 2.17. The number of nitrogens with zero attached hydrogens (tertiary/aromatic N) is 1. The molecule has 2 heterocycles. The van der Waals surface area contributed by atoms with Crippen LogP contribution in [0.15, 0.2) is 18.3 Å². The minimum Gasteiger partial charge on any atom is -0.481 e. The molecule has 4 nitrogen and oxygen atoms in total. The molecule has 1 aliphatic heterocycles. The summed E-state index contributed by atoms with van der Waals surface area (Å²) in [7, 11) is 1.67. The van der Waals surface area contributed by atoms with E-state index in [1.54, 1.807) is 13.3 Å². The Kier molecular flexibility index (Phi) is 4.96. The van der Waals surface area contributed by atoms with Gasteiger partial charge in [0.25, 0.3) is 0 Å². The number of nitrogens with one attached hydrogen (secondary N) is 1. The van der Waals surface area contributed by atoms with E-state index in [0.717, 1.165) is 31.7 Å². The molecule has 4 heteroatoms. The molecule has 1 fully saturated rings. The van der Waals surface area contributed by atoms with Crippen LogP contribution in [0, 0.1) is 5.92 Å². The molecular weight excluding hydrogens is 228 g/mol. The fourth-order valence-electron chi connectivity index (χ4n) is 2.59. The van der Waals surface area contributed by atoms with Gasteiger partial charge in [0.05, 0.1) is 13.7 Å². The Labute approximate surface area is 109 Å². The molecule has 1 aliphatic rings. The standard InChI is InChI=1S/C14H22N2O2/c1-3-15-13(11-6-5-9-18-10-11)12-7-4-8-16-14(12)17-2/h4,7-8,11,13,15H,3,5-6,9-10H2,1-2H3. The summed E-state index contributed by atoms with van der Waals surface area (Å²) in [6.45, 7) is 4.76. The molecular formula is C14H22N2O2. The highest BCUT2D eigenvalue weighted by Gasteiger charge is 2.27. The van der Waals surface area contributed by atoms with Gasteiger partial charge in [0.15, 0.2) is 0 Å². The minimum atomic E-state index is 0.263. The highest BCUT2D eigenvalue weighted by Crippen LogP contribution is 2.32. The minimum absolute atomic E-state index is 0.263. The Bertz CT molecular complexity index is 365. The van der Waals surface area contributed by atoms with Crippen molar-refractivity contribution < 1.29 is 9.47 Å². The Morgan fingerprint density at radius 1 is 1.61 bits per heavy atom. The van der Waals surface area contributed by atoms with Crippen LogP contribution in [0.3, 0.4) is 0 Å². The van der Waals surface area contributed by atoms with E-state index in [0.29, 0.717) is 11.8 Å². The van der Waals surface area contributed by atoms with E-state index in [2.05, 4.69) is 23.3 Å². The monoisotopic (exact) mass is 250 g/mol. The Morgan fingerprint density at radius 2 is 2.50 bits per heavy atom. The number of hydrogen-bond acceptors (Lipinski definition) is 4. The second kappa shape index (κ2) is 6.71. The maximum atomic E-state index is 5.60. The van der Waals surface area contributed by atoms with Crippen LogP contribution < -0.4 is 10.1 Å². The molecule has 1 saturated heterocycles. The third kappa shape index (κ3) is 3.00. The topological polar surface area (TPSA) is 43.4 Å². The van der Waals surface area contributed by atoms with Gasteiger partial charge < -0.3 is 14.8 Å². The average Bonchev–Trinajstić information content (AvgIpc) is 2.46. The van der Waals surface area contributed by atoms with Crippen LogP contribution in [-0.2, 0) is 4.74 Å². The molecule has 0 aliphatic carbocycles. The van der Waals surface area contributed by atoms with Crippen LogP contribution >= 0.6 is 0 Å². The molecule has 0 bridgehead atoms. The normalized spacial score (nSPS) is 21.6. The van der Waals surface area contributed by atoms with Crippen molar-refractivity contribution in [3.63, 3.8) is 0 Å². The summed E-state index contributed by atoms with van der Waals surface area (Å²) in [4.78, 5) is 4.29. The number of rotatable bonds is 5. The lowest BCUT2D eigenvalue weighted by Gasteiger charge is -2.31. The first-order chi connectivity index (χ1) is 8.86. The first-order valence-corrected chi connectivity index (χ1v) is 6.66. The third-order valence-corrected chi connectivity index (χ3v) is 3.42. The summed E-state index contributed by atoms with van der Waals surface area (Å²) in [5.41, 5.74) is 1.14. The largest absolute Gasteiger partial charge is 0.481 e. The van der Waals surface area contributed by atoms with Crippen molar-refractivity contribution in [3.05, 3.63) is 23.9 Å². The molecule has 1 aromatic heterocycles. The van der Waals surface area contributed by atoms with E-state index in [1.165, 1.54) is 6.42 Å². The van der Waals surface area contributed by atoms with Gasteiger partial charge in [-0.15, -0.1) is 0 Å². The molecule has 2 atom stereocenters. The van der Waals surface area contributed by atoms with Crippen LogP contribution in [0.1, 0.15) is 31.4 Å². The van der Waals surface area contributed by atoms with Gasteiger partial charge in [0.1, 0.15) is 0 Å². The van der Waals surface area contributed by atoms with Crippen molar-refractivity contribution in [3.8, 4) is 5.88 Å². The Hall–Kier alpha value is -1.13. The maximum Gasteiger partial charge on any atom is 0.217 e. The van der Waals surface area contributed by atoms with Gasteiger partial charge >= 0.3 is 0 Å². The Morgan fingerprint density at radius 3 is 3.17 bits per heavy atom. The molecule has 0 radical (unpaired) electrons. The van der Waals surface area contributed by atoms with E-state index in [9.17, 15) is 0 Å². The second-order valence-electron chi connectivity index (χ2n) is 4.61. The summed E-state index contributed by atoms with van der Waals surface area (Å²) >= 11 is 0. The highest BCUT2D eigenvalue weighted by molar-refractivity contribution is 5.29. The van der Waals surface area contributed by atoms with E-state index in [1.807, 2.05) is 6.07 Å². The summed E-state index contributed by atoms with van der Waals surface area (Å²) in [5, 5.41) is 3.54. The predicted molar refractivity (Wildman–Crippen MR) is 70.7 cm³/mol. The fraction of sp³-hybridized carbons (Fsp3) is 0.643. The molecule has 2 rings (SSSR count). The second-order valence-corrected chi connectivity index (χ2v) is 4.61. The molecule has 0 aromatic carbocycles. The van der Waals surface area contributed by atoms with Gasteiger partial charge in [-0.25, -0.2) is 4.98 Å². The maximum absolute atomic E-state index is 5.60. The van der Waals surface area contributed by atoms with Gasteiger partial charge in [-0.3, -0.25) is 0 Å². The van der Waals surface area contributed by atoms with E-state index in [-0.39, 0.29) is 6.04 Å².